The van der Waals surface area contributed by atoms with Crippen molar-refractivity contribution in [3.63, 3.8) is 0 Å². The summed E-state index contributed by atoms with van der Waals surface area (Å²) < 4.78 is 37.0. The van der Waals surface area contributed by atoms with E-state index in [1.54, 1.807) is 6.07 Å². The summed E-state index contributed by atoms with van der Waals surface area (Å²) in [6, 6.07) is 5.00. The number of rotatable bonds is 2. The van der Waals surface area contributed by atoms with E-state index in [0.29, 0.717) is 18.5 Å². The number of halogens is 3. The molecule has 16 heavy (non-hydrogen) atoms. The highest BCUT2D eigenvalue weighted by Gasteiger charge is 2.30. The van der Waals surface area contributed by atoms with Gasteiger partial charge in [-0.15, -0.1) is 0 Å². The van der Waals surface area contributed by atoms with Crippen LogP contribution in [0.3, 0.4) is 0 Å². The third kappa shape index (κ3) is 3.95. The molecule has 0 bridgehead atoms. The molecule has 0 aromatic heterocycles. The van der Waals surface area contributed by atoms with Crippen LogP contribution in [0.5, 0.6) is 0 Å². The fraction of sp³-hybridized carbons (Fsp3) is 0.333. The molecule has 0 amide bonds. The molecule has 0 saturated carbocycles. The Morgan fingerprint density at radius 1 is 1.25 bits per heavy atom. The maximum atomic E-state index is 12.3. The lowest BCUT2D eigenvalue weighted by molar-refractivity contribution is -0.137. The molecule has 1 rings (SSSR count). The molecule has 86 valence electrons. The monoisotopic (exact) mass is 227 g/mol. The molecule has 0 heterocycles. The first kappa shape index (κ1) is 12.6. The number of benzene rings is 1. The molecule has 0 saturated heterocycles. The average Bonchev–Trinajstić information content (AvgIpc) is 2.24. The second-order valence-electron chi connectivity index (χ2n) is 3.27. The minimum Gasteiger partial charge on any atom is -0.330 e. The Labute approximate surface area is 92.5 Å². The summed E-state index contributed by atoms with van der Waals surface area (Å²) in [5.74, 6) is 5.47. The van der Waals surface area contributed by atoms with Crippen molar-refractivity contribution in [3.05, 3.63) is 35.4 Å². The summed E-state index contributed by atoms with van der Waals surface area (Å²) in [5.41, 5.74) is 4.99. The molecule has 0 radical (unpaired) electrons. The van der Waals surface area contributed by atoms with Gasteiger partial charge in [-0.25, -0.2) is 0 Å². The fourth-order valence-corrected chi connectivity index (χ4v) is 1.13. The molecule has 0 aliphatic carbocycles. The predicted molar refractivity (Wildman–Crippen MR) is 56.6 cm³/mol. The normalized spacial score (nSPS) is 10.8. The second kappa shape index (κ2) is 5.57. The van der Waals surface area contributed by atoms with Gasteiger partial charge < -0.3 is 5.73 Å². The van der Waals surface area contributed by atoms with E-state index in [4.69, 9.17) is 5.73 Å². The Morgan fingerprint density at radius 2 is 2.00 bits per heavy atom. The summed E-state index contributed by atoms with van der Waals surface area (Å²) in [7, 11) is 0. The van der Waals surface area contributed by atoms with Gasteiger partial charge in [-0.05, 0) is 31.2 Å². The molecule has 0 unspecified atom stereocenters. The van der Waals surface area contributed by atoms with Gasteiger partial charge in [-0.1, -0.05) is 17.9 Å². The molecule has 0 aliphatic rings. The lowest BCUT2D eigenvalue weighted by Crippen LogP contribution is -2.04. The van der Waals surface area contributed by atoms with Crippen LogP contribution in [0.4, 0.5) is 13.2 Å². The van der Waals surface area contributed by atoms with E-state index in [0.717, 1.165) is 18.6 Å². The average molecular weight is 227 g/mol. The molecule has 0 aliphatic heterocycles. The topological polar surface area (TPSA) is 26.0 Å². The first-order valence-electron chi connectivity index (χ1n) is 4.90. The Kier molecular flexibility index (Phi) is 4.39. The molecule has 1 aromatic rings. The molecule has 1 nitrogen and oxygen atoms in total. The smallest absolute Gasteiger partial charge is 0.330 e. The van der Waals surface area contributed by atoms with Crippen LogP contribution in [0.2, 0.25) is 0 Å². The largest absolute Gasteiger partial charge is 0.416 e. The van der Waals surface area contributed by atoms with E-state index in [-0.39, 0.29) is 0 Å². The molecule has 0 atom stereocenters. The minimum atomic E-state index is -4.31. The zero-order valence-corrected chi connectivity index (χ0v) is 8.64. The van der Waals surface area contributed by atoms with Gasteiger partial charge in [0.1, 0.15) is 0 Å². The van der Waals surface area contributed by atoms with Gasteiger partial charge in [0.25, 0.3) is 0 Å². The standard InChI is InChI=1S/C12H12F3N/c13-12(14,15)11-7-4-6-10(9-11)5-2-1-3-8-16/h4,6-7,9H,1,3,8,16H2. The Hall–Kier alpha value is -1.47. The fourth-order valence-electron chi connectivity index (χ4n) is 1.13. The van der Waals surface area contributed by atoms with Gasteiger partial charge in [0, 0.05) is 12.0 Å². The van der Waals surface area contributed by atoms with Crippen LogP contribution in [0, 0.1) is 11.8 Å². The molecular formula is C12H12F3N. The van der Waals surface area contributed by atoms with E-state index in [2.05, 4.69) is 11.8 Å². The van der Waals surface area contributed by atoms with E-state index in [1.165, 1.54) is 6.07 Å². The van der Waals surface area contributed by atoms with Crippen LogP contribution in [-0.2, 0) is 6.18 Å². The van der Waals surface area contributed by atoms with E-state index < -0.39 is 11.7 Å². The van der Waals surface area contributed by atoms with Crippen molar-refractivity contribution in [2.75, 3.05) is 6.54 Å². The van der Waals surface area contributed by atoms with Gasteiger partial charge in [0.05, 0.1) is 5.56 Å². The van der Waals surface area contributed by atoms with Crippen LogP contribution < -0.4 is 5.73 Å². The van der Waals surface area contributed by atoms with Gasteiger partial charge in [-0.3, -0.25) is 0 Å². The number of nitrogens with two attached hydrogens (primary N) is 1. The maximum absolute atomic E-state index is 12.3. The van der Waals surface area contributed by atoms with E-state index in [1.807, 2.05) is 0 Å². The first-order valence-corrected chi connectivity index (χ1v) is 4.90. The highest BCUT2D eigenvalue weighted by atomic mass is 19.4. The number of alkyl halides is 3. The van der Waals surface area contributed by atoms with Crippen LogP contribution in [0.15, 0.2) is 24.3 Å². The SMILES string of the molecule is NCCCC#Cc1cccc(C(F)(F)F)c1. The third-order valence-electron chi connectivity index (χ3n) is 1.93. The summed E-state index contributed by atoms with van der Waals surface area (Å²) >= 11 is 0. The zero-order chi connectivity index (χ0) is 12.0. The van der Waals surface area contributed by atoms with Gasteiger partial charge in [0.2, 0.25) is 0 Å². The van der Waals surface area contributed by atoms with Crippen molar-refractivity contribution in [3.8, 4) is 11.8 Å². The number of hydrogen-bond donors (Lipinski definition) is 1. The number of hydrogen-bond acceptors (Lipinski definition) is 1. The highest BCUT2D eigenvalue weighted by Crippen LogP contribution is 2.29. The predicted octanol–water partition coefficient (Wildman–Crippen LogP) is 2.80. The summed E-state index contributed by atoms with van der Waals surface area (Å²) in [5, 5.41) is 0. The van der Waals surface area contributed by atoms with Crippen molar-refractivity contribution >= 4 is 0 Å². The lowest BCUT2D eigenvalue weighted by atomic mass is 10.1. The van der Waals surface area contributed by atoms with Gasteiger partial charge >= 0.3 is 6.18 Å². The van der Waals surface area contributed by atoms with E-state index in [9.17, 15) is 13.2 Å². The molecule has 4 heteroatoms. The van der Waals surface area contributed by atoms with Gasteiger partial charge in [-0.2, -0.15) is 13.2 Å². The lowest BCUT2D eigenvalue weighted by Gasteiger charge is -2.05. The van der Waals surface area contributed by atoms with E-state index >= 15 is 0 Å². The van der Waals surface area contributed by atoms with Crippen LogP contribution in [0.25, 0.3) is 0 Å². The Morgan fingerprint density at radius 3 is 2.62 bits per heavy atom. The molecule has 1 aromatic carbocycles. The van der Waals surface area contributed by atoms with Crippen molar-refractivity contribution in [2.45, 2.75) is 19.0 Å². The van der Waals surface area contributed by atoms with Crippen molar-refractivity contribution in [1.29, 1.82) is 0 Å². The van der Waals surface area contributed by atoms with Crippen LogP contribution in [-0.4, -0.2) is 6.54 Å². The second-order valence-corrected chi connectivity index (χ2v) is 3.27. The highest BCUT2D eigenvalue weighted by molar-refractivity contribution is 5.37. The summed E-state index contributed by atoms with van der Waals surface area (Å²) in [6.45, 7) is 0.539. The molecule has 0 fully saturated rings. The molecular weight excluding hydrogens is 215 g/mol. The van der Waals surface area contributed by atoms with Crippen molar-refractivity contribution < 1.29 is 13.2 Å². The van der Waals surface area contributed by atoms with Gasteiger partial charge in [0.15, 0.2) is 0 Å². The van der Waals surface area contributed by atoms with Crippen LogP contribution >= 0.6 is 0 Å². The maximum Gasteiger partial charge on any atom is 0.416 e. The summed E-state index contributed by atoms with van der Waals surface area (Å²) in [4.78, 5) is 0. The molecule has 2 N–H and O–H groups in total. The van der Waals surface area contributed by atoms with Crippen LogP contribution in [0.1, 0.15) is 24.0 Å². The number of unbranched alkanes of at least 4 members (excludes halogenated alkanes) is 1. The first-order chi connectivity index (χ1) is 7.54. The Bertz CT molecular complexity index is 399. The Balaban J connectivity index is 2.78. The third-order valence-corrected chi connectivity index (χ3v) is 1.93. The molecule has 0 spiro atoms. The van der Waals surface area contributed by atoms with Crippen molar-refractivity contribution in [2.24, 2.45) is 5.73 Å². The minimum absolute atomic E-state index is 0.381. The zero-order valence-electron chi connectivity index (χ0n) is 8.64. The van der Waals surface area contributed by atoms with Crippen molar-refractivity contribution in [1.82, 2.24) is 0 Å². The quantitative estimate of drug-likeness (QED) is 0.610. The summed E-state index contributed by atoms with van der Waals surface area (Å²) in [6.07, 6.45) is -2.95.